The van der Waals surface area contributed by atoms with Crippen LogP contribution in [0.15, 0.2) is 77.7 Å². The molecule has 4 aromatic rings. The van der Waals surface area contributed by atoms with Crippen LogP contribution < -0.4 is 9.64 Å². The molecule has 0 atom stereocenters. The van der Waals surface area contributed by atoms with Crippen molar-refractivity contribution in [1.82, 2.24) is 14.3 Å². The lowest BCUT2D eigenvalue weighted by Crippen LogP contribution is -2.49. The van der Waals surface area contributed by atoms with Gasteiger partial charge in [-0.05, 0) is 60.7 Å². The van der Waals surface area contributed by atoms with Gasteiger partial charge in [0.25, 0.3) is 0 Å². The Morgan fingerprint density at radius 2 is 1.53 bits per heavy atom. The first-order valence-electron chi connectivity index (χ1n) is 10.9. The molecule has 9 heteroatoms. The van der Waals surface area contributed by atoms with Crippen molar-refractivity contribution in [2.45, 2.75) is 4.90 Å². The average molecular weight is 495 g/mol. The third-order valence-electron chi connectivity index (χ3n) is 5.92. The zero-order valence-electron chi connectivity index (χ0n) is 18.6. The number of piperazine rings is 1. The summed E-state index contributed by atoms with van der Waals surface area (Å²) >= 11 is 5.92. The smallest absolute Gasteiger partial charge is 0.243 e. The van der Waals surface area contributed by atoms with Crippen molar-refractivity contribution in [2.24, 2.45) is 0 Å². The van der Waals surface area contributed by atoms with Gasteiger partial charge >= 0.3 is 0 Å². The maximum atomic E-state index is 13.1. The Hall–Kier alpha value is -3.20. The van der Waals surface area contributed by atoms with Gasteiger partial charge in [-0.1, -0.05) is 23.7 Å². The molecule has 0 N–H and O–H groups in total. The van der Waals surface area contributed by atoms with E-state index in [0.29, 0.717) is 37.0 Å². The van der Waals surface area contributed by atoms with E-state index in [4.69, 9.17) is 26.3 Å². The lowest BCUT2D eigenvalue weighted by molar-refractivity contribution is 0.384. The van der Waals surface area contributed by atoms with Crippen molar-refractivity contribution in [3.63, 3.8) is 0 Å². The molecule has 0 amide bonds. The maximum Gasteiger partial charge on any atom is 0.243 e. The molecule has 1 aromatic heterocycles. The van der Waals surface area contributed by atoms with Gasteiger partial charge in [0.2, 0.25) is 10.0 Å². The van der Waals surface area contributed by atoms with Crippen molar-refractivity contribution >= 4 is 38.3 Å². The van der Waals surface area contributed by atoms with Crippen LogP contribution in [0.4, 0.5) is 5.82 Å². The predicted octanol–water partition coefficient (Wildman–Crippen LogP) is 4.47. The van der Waals surface area contributed by atoms with Crippen molar-refractivity contribution in [3.8, 4) is 17.1 Å². The summed E-state index contributed by atoms with van der Waals surface area (Å²) < 4.78 is 32.9. The number of rotatable bonds is 5. The average Bonchev–Trinajstić information content (AvgIpc) is 2.88. The second kappa shape index (κ2) is 9.21. The van der Waals surface area contributed by atoms with Crippen molar-refractivity contribution < 1.29 is 13.2 Å². The molecule has 174 valence electrons. The highest BCUT2D eigenvalue weighted by Gasteiger charge is 2.29. The van der Waals surface area contributed by atoms with Gasteiger partial charge < -0.3 is 9.64 Å². The van der Waals surface area contributed by atoms with E-state index in [1.165, 1.54) is 4.31 Å². The van der Waals surface area contributed by atoms with Gasteiger partial charge in [-0.2, -0.15) is 4.31 Å². The van der Waals surface area contributed by atoms with Crippen LogP contribution in [0.3, 0.4) is 0 Å². The monoisotopic (exact) mass is 494 g/mol. The Morgan fingerprint density at radius 3 is 2.21 bits per heavy atom. The van der Waals surface area contributed by atoms with Crippen LogP contribution in [0.1, 0.15) is 0 Å². The molecular weight excluding hydrogens is 472 g/mol. The Kier molecular flexibility index (Phi) is 6.12. The van der Waals surface area contributed by atoms with Gasteiger partial charge in [-0.25, -0.2) is 18.4 Å². The quantitative estimate of drug-likeness (QED) is 0.407. The van der Waals surface area contributed by atoms with Crippen LogP contribution in [-0.2, 0) is 10.0 Å². The second-order valence-electron chi connectivity index (χ2n) is 7.96. The minimum Gasteiger partial charge on any atom is -0.497 e. The van der Waals surface area contributed by atoms with Crippen molar-refractivity contribution in [1.29, 1.82) is 0 Å². The van der Waals surface area contributed by atoms with E-state index in [1.807, 2.05) is 48.5 Å². The summed E-state index contributed by atoms with van der Waals surface area (Å²) in [5, 5.41) is 1.45. The maximum absolute atomic E-state index is 13.1. The number of hydrogen-bond donors (Lipinski definition) is 0. The zero-order valence-corrected chi connectivity index (χ0v) is 20.1. The number of ether oxygens (including phenoxy) is 1. The number of fused-ring (bicyclic) bond motifs is 1. The Labute approximate surface area is 203 Å². The van der Waals surface area contributed by atoms with Crippen LogP contribution in [0.2, 0.25) is 5.02 Å². The third-order valence-corrected chi connectivity index (χ3v) is 8.09. The summed E-state index contributed by atoms with van der Waals surface area (Å²) in [5.41, 5.74) is 1.73. The molecule has 0 aliphatic carbocycles. The largest absolute Gasteiger partial charge is 0.497 e. The number of benzene rings is 3. The molecule has 0 saturated carbocycles. The minimum absolute atomic E-state index is 0.250. The topological polar surface area (TPSA) is 75.6 Å². The highest BCUT2D eigenvalue weighted by atomic mass is 35.5. The highest BCUT2D eigenvalue weighted by Crippen LogP contribution is 2.30. The van der Waals surface area contributed by atoms with Gasteiger partial charge in [-0.15, -0.1) is 0 Å². The van der Waals surface area contributed by atoms with Crippen LogP contribution in [-0.4, -0.2) is 56.0 Å². The first-order chi connectivity index (χ1) is 16.5. The van der Waals surface area contributed by atoms with Crippen LogP contribution in [0, 0.1) is 0 Å². The van der Waals surface area contributed by atoms with E-state index in [0.717, 1.165) is 28.0 Å². The lowest BCUT2D eigenvalue weighted by Gasteiger charge is -2.35. The molecule has 0 spiro atoms. The van der Waals surface area contributed by atoms with Gasteiger partial charge in [-0.3, -0.25) is 0 Å². The first-order valence-corrected chi connectivity index (χ1v) is 12.7. The van der Waals surface area contributed by atoms with Crippen molar-refractivity contribution in [3.05, 3.63) is 77.8 Å². The van der Waals surface area contributed by atoms with Crippen LogP contribution in [0.25, 0.3) is 22.3 Å². The van der Waals surface area contributed by atoms with E-state index < -0.39 is 10.0 Å². The number of nitrogens with zero attached hydrogens (tertiary/aromatic N) is 4. The molecular formula is C25H23ClN4O3S. The van der Waals surface area contributed by atoms with Gasteiger partial charge in [0.1, 0.15) is 11.6 Å². The summed E-state index contributed by atoms with van der Waals surface area (Å²) in [6, 6.07) is 21.8. The molecule has 3 aromatic carbocycles. The van der Waals surface area contributed by atoms with E-state index in [2.05, 4.69) is 4.90 Å². The molecule has 1 aliphatic heterocycles. The number of aromatic nitrogens is 2. The summed E-state index contributed by atoms with van der Waals surface area (Å²) in [6.45, 7) is 1.77. The molecule has 1 fully saturated rings. The Morgan fingerprint density at radius 1 is 0.853 bits per heavy atom. The highest BCUT2D eigenvalue weighted by molar-refractivity contribution is 7.89. The number of para-hydroxylation sites is 1. The fourth-order valence-corrected chi connectivity index (χ4v) is 5.61. The van der Waals surface area contributed by atoms with Crippen LogP contribution in [0.5, 0.6) is 5.75 Å². The van der Waals surface area contributed by atoms with Crippen molar-refractivity contribution in [2.75, 3.05) is 38.2 Å². The normalized spacial score (nSPS) is 14.9. The molecule has 1 saturated heterocycles. The molecule has 0 bridgehead atoms. The summed E-state index contributed by atoms with van der Waals surface area (Å²) in [4.78, 5) is 12.0. The zero-order chi connectivity index (χ0) is 23.7. The number of anilines is 1. The number of sulfonamides is 1. The second-order valence-corrected chi connectivity index (χ2v) is 10.3. The van der Waals surface area contributed by atoms with Gasteiger partial charge in [0, 0.05) is 42.2 Å². The van der Waals surface area contributed by atoms with E-state index in [1.54, 1.807) is 31.4 Å². The Bertz CT molecular complexity index is 1420. The summed E-state index contributed by atoms with van der Waals surface area (Å²) in [7, 11) is -1.95. The van der Waals surface area contributed by atoms with Crippen LogP contribution >= 0.6 is 11.6 Å². The lowest BCUT2D eigenvalue weighted by atomic mass is 10.1. The third kappa shape index (κ3) is 4.32. The van der Waals surface area contributed by atoms with E-state index in [9.17, 15) is 8.42 Å². The molecule has 5 rings (SSSR count). The fourth-order valence-electron chi connectivity index (χ4n) is 4.07. The fraction of sp³-hybridized carbons (Fsp3) is 0.200. The number of methoxy groups -OCH3 is 1. The first kappa shape index (κ1) is 22.6. The molecule has 1 aliphatic rings. The molecule has 0 radical (unpaired) electrons. The van der Waals surface area contributed by atoms with Gasteiger partial charge in [0.05, 0.1) is 17.5 Å². The minimum atomic E-state index is -3.58. The number of halogens is 1. The summed E-state index contributed by atoms with van der Waals surface area (Å²) in [6.07, 6.45) is 0. The predicted molar refractivity (Wildman–Crippen MR) is 134 cm³/mol. The molecule has 0 unspecified atom stereocenters. The van der Waals surface area contributed by atoms with E-state index in [-0.39, 0.29) is 4.90 Å². The van der Waals surface area contributed by atoms with Gasteiger partial charge in [0.15, 0.2) is 5.82 Å². The molecule has 34 heavy (non-hydrogen) atoms. The Balaban J connectivity index is 1.44. The standard InChI is InChI=1S/C25H23ClN4O3S/c1-33-20-10-6-18(7-11-20)24-27-23-5-3-2-4-22(23)25(28-24)29-14-16-30(17-15-29)34(31,32)21-12-8-19(26)9-13-21/h2-13H,14-17H2,1H3. The SMILES string of the molecule is COc1ccc(-c2nc(N3CCN(S(=O)(=O)c4ccc(Cl)cc4)CC3)c3ccccc3n2)cc1. The number of hydrogen-bond acceptors (Lipinski definition) is 6. The summed E-state index contributed by atoms with van der Waals surface area (Å²) in [5.74, 6) is 2.19. The molecule has 2 heterocycles. The van der Waals surface area contributed by atoms with E-state index >= 15 is 0 Å². The molecule has 7 nitrogen and oxygen atoms in total.